The van der Waals surface area contributed by atoms with Gasteiger partial charge >= 0.3 is 5.97 Å². The Kier molecular flexibility index (Phi) is 8.89. The topological polar surface area (TPSA) is 105 Å². The summed E-state index contributed by atoms with van der Waals surface area (Å²) in [5, 5.41) is 15.0. The molecule has 25 heavy (non-hydrogen) atoms. The van der Waals surface area contributed by atoms with Crippen LogP contribution in [0.25, 0.3) is 0 Å². The predicted octanol–water partition coefficient (Wildman–Crippen LogP) is 1.42. The number of hydrogen-bond donors (Lipinski definition) is 3. The number of carboxylic acids is 1. The van der Waals surface area contributed by atoms with Crippen LogP contribution >= 0.6 is 0 Å². The van der Waals surface area contributed by atoms with Crippen molar-refractivity contribution in [3.63, 3.8) is 0 Å². The van der Waals surface area contributed by atoms with Crippen LogP contribution in [-0.4, -0.2) is 48.7 Å². The van der Waals surface area contributed by atoms with E-state index in [1.807, 2.05) is 27.7 Å². The van der Waals surface area contributed by atoms with Crippen molar-refractivity contribution in [3.05, 3.63) is 0 Å². The molecule has 0 radical (unpaired) electrons. The van der Waals surface area contributed by atoms with E-state index in [0.29, 0.717) is 32.5 Å². The van der Waals surface area contributed by atoms with Gasteiger partial charge in [0.1, 0.15) is 6.04 Å². The molecule has 0 aromatic carbocycles. The van der Waals surface area contributed by atoms with Gasteiger partial charge < -0.3 is 20.5 Å². The van der Waals surface area contributed by atoms with E-state index in [1.54, 1.807) is 0 Å². The van der Waals surface area contributed by atoms with Crippen LogP contribution in [0.4, 0.5) is 0 Å². The summed E-state index contributed by atoms with van der Waals surface area (Å²) in [6, 6.07) is -0.657. The zero-order valence-corrected chi connectivity index (χ0v) is 15.7. The van der Waals surface area contributed by atoms with Gasteiger partial charge in [-0.1, -0.05) is 27.7 Å². The molecule has 1 heterocycles. The highest BCUT2D eigenvalue weighted by Gasteiger charge is 2.31. The maximum atomic E-state index is 12.5. The molecule has 1 aliphatic heterocycles. The van der Waals surface area contributed by atoms with Crippen molar-refractivity contribution in [2.75, 3.05) is 19.8 Å². The maximum Gasteiger partial charge on any atom is 0.308 e. The lowest BCUT2D eigenvalue weighted by atomic mass is 9.86. The lowest BCUT2D eigenvalue weighted by Crippen LogP contribution is -2.51. The number of carbonyl (C=O) groups excluding carboxylic acids is 2. The molecule has 0 bridgehead atoms. The molecule has 0 aromatic rings. The van der Waals surface area contributed by atoms with Gasteiger partial charge in [0.05, 0.1) is 5.92 Å². The van der Waals surface area contributed by atoms with Crippen molar-refractivity contribution in [1.29, 1.82) is 0 Å². The molecule has 0 aliphatic carbocycles. The summed E-state index contributed by atoms with van der Waals surface area (Å²) in [6.07, 6.45) is 1.73. The van der Waals surface area contributed by atoms with E-state index in [4.69, 9.17) is 4.74 Å². The quantitative estimate of drug-likeness (QED) is 0.579. The van der Waals surface area contributed by atoms with Crippen LogP contribution in [0.5, 0.6) is 0 Å². The molecule has 3 N–H and O–H groups in total. The third-order valence-electron chi connectivity index (χ3n) is 4.51. The number of carboxylic acid groups (broad SMARTS) is 1. The average Bonchev–Trinajstić information content (AvgIpc) is 2.52. The third-order valence-corrected chi connectivity index (χ3v) is 4.51. The molecule has 7 heteroatoms. The molecule has 2 amide bonds. The average molecular weight is 356 g/mol. The zero-order valence-electron chi connectivity index (χ0n) is 15.7. The Morgan fingerprint density at radius 1 is 1.12 bits per heavy atom. The van der Waals surface area contributed by atoms with E-state index in [1.165, 1.54) is 0 Å². The first-order valence-electron chi connectivity index (χ1n) is 9.10. The highest BCUT2D eigenvalue weighted by atomic mass is 16.5. The molecule has 1 rings (SSSR count). The number of nitrogens with one attached hydrogen (secondary N) is 2. The summed E-state index contributed by atoms with van der Waals surface area (Å²) in [6.45, 7) is 8.78. The van der Waals surface area contributed by atoms with Crippen molar-refractivity contribution in [1.82, 2.24) is 10.6 Å². The molecule has 7 nitrogen and oxygen atoms in total. The number of amides is 2. The monoisotopic (exact) mass is 356 g/mol. The molecule has 1 saturated heterocycles. The van der Waals surface area contributed by atoms with Gasteiger partial charge in [0, 0.05) is 26.2 Å². The van der Waals surface area contributed by atoms with Gasteiger partial charge in [-0.05, 0) is 30.6 Å². The normalized spacial score (nSPS) is 18.0. The molecule has 0 saturated carbocycles. The lowest BCUT2D eigenvalue weighted by Gasteiger charge is -2.29. The second kappa shape index (κ2) is 10.4. The number of rotatable bonds is 9. The summed E-state index contributed by atoms with van der Waals surface area (Å²) in [7, 11) is 0. The van der Waals surface area contributed by atoms with Crippen LogP contribution in [-0.2, 0) is 19.1 Å². The summed E-state index contributed by atoms with van der Waals surface area (Å²) >= 11 is 0. The number of hydrogen-bond acceptors (Lipinski definition) is 4. The van der Waals surface area contributed by atoms with Gasteiger partial charge in [0.15, 0.2) is 0 Å². The lowest BCUT2D eigenvalue weighted by molar-refractivity contribution is -0.145. The molecule has 2 unspecified atom stereocenters. The molecular weight excluding hydrogens is 324 g/mol. The van der Waals surface area contributed by atoms with E-state index in [9.17, 15) is 19.5 Å². The first-order chi connectivity index (χ1) is 11.7. The maximum absolute atomic E-state index is 12.5. The van der Waals surface area contributed by atoms with Crippen LogP contribution in [0.2, 0.25) is 0 Å². The Bertz CT molecular complexity index is 458. The van der Waals surface area contributed by atoms with Gasteiger partial charge in [0.2, 0.25) is 11.8 Å². The van der Waals surface area contributed by atoms with Gasteiger partial charge in [0.25, 0.3) is 0 Å². The van der Waals surface area contributed by atoms with E-state index in [0.717, 1.165) is 0 Å². The largest absolute Gasteiger partial charge is 0.481 e. The molecule has 144 valence electrons. The van der Waals surface area contributed by atoms with Crippen LogP contribution in [0, 0.1) is 23.7 Å². The Hall–Kier alpha value is -1.63. The van der Waals surface area contributed by atoms with E-state index < -0.39 is 17.9 Å². The highest BCUT2D eigenvalue weighted by Crippen LogP contribution is 2.23. The molecule has 0 aromatic heterocycles. The minimum Gasteiger partial charge on any atom is -0.481 e. The zero-order chi connectivity index (χ0) is 19.0. The standard InChI is InChI=1S/C18H32N2O5/c1-11(2)9-15(21)20-16(12(3)4)17(22)19-10-14(18(23)24)13-5-7-25-8-6-13/h11-14,16H,5-10H2,1-4H3,(H,19,22)(H,20,21)(H,23,24). The first-order valence-corrected chi connectivity index (χ1v) is 9.10. The molecular formula is C18H32N2O5. The van der Waals surface area contributed by atoms with E-state index >= 15 is 0 Å². The number of ether oxygens (including phenoxy) is 1. The first kappa shape index (κ1) is 21.4. The number of carbonyl (C=O) groups is 3. The predicted molar refractivity (Wildman–Crippen MR) is 93.9 cm³/mol. The fourth-order valence-electron chi connectivity index (χ4n) is 3.03. The van der Waals surface area contributed by atoms with Crippen LogP contribution in [0.15, 0.2) is 0 Å². The second-order valence-corrected chi connectivity index (χ2v) is 7.53. The summed E-state index contributed by atoms with van der Waals surface area (Å²) in [4.78, 5) is 36.0. The molecule has 2 atom stereocenters. The van der Waals surface area contributed by atoms with Crippen molar-refractivity contribution >= 4 is 17.8 Å². The summed E-state index contributed by atoms with van der Waals surface area (Å²) < 4.78 is 5.27. The van der Waals surface area contributed by atoms with Crippen molar-refractivity contribution in [3.8, 4) is 0 Å². The minimum absolute atomic E-state index is 0.000387. The van der Waals surface area contributed by atoms with Gasteiger partial charge in [-0.25, -0.2) is 0 Å². The van der Waals surface area contributed by atoms with Gasteiger partial charge in [-0.15, -0.1) is 0 Å². The summed E-state index contributed by atoms with van der Waals surface area (Å²) in [5.41, 5.74) is 0. The van der Waals surface area contributed by atoms with Crippen molar-refractivity contribution in [2.45, 2.75) is 53.0 Å². The SMILES string of the molecule is CC(C)CC(=O)NC(C(=O)NCC(C(=O)O)C1CCOCC1)C(C)C. The fourth-order valence-corrected chi connectivity index (χ4v) is 3.03. The van der Waals surface area contributed by atoms with Crippen molar-refractivity contribution in [2.24, 2.45) is 23.7 Å². The van der Waals surface area contributed by atoms with E-state index in [2.05, 4.69) is 10.6 Å². The Labute approximate surface area is 149 Å². The number of aliphatic carboxylic acids is 1. The van der Waals surface area contributed by atoms with Crippen LogP contribution in [0.1, 0.15) is 47.0 Å². The second-order valence-electron chi connectivity index (χ2n) is 7.53. The van der Waals surface area contributed by atoms with Crippen LogP contribution in [0.3, 0.4) is 0 Å². The fraction of sp³-hybridized carbons (Fsp3) is 0.833. The highest BCUT2D eigenvalue weighted by molar-refractivity contribution is 5.88. The van der Waals surface area contributed by atoms with Crippen molar-refractivity contribution < 1.29 is 24.2 Å². The molecule has 0 spiro atoms. The molecule has 1 fully saturated rings. The van der Waals surface area contributed by atoms with E-state index in [-0.39, 0.29) is 36.1 Å². The third kappa shape index (κ3) is 7.42. The van der Waals surface area contributed by atoms with Crippen LogP contribution < -0.4 is 10.6 Å². The minimum atomic E-state index is -0.905. The Morgan fingerprint density at radius 3 is 2.20 bits per heavy atom. The summed E-state index contributed by atoms with van der Waals surface area (Å²) in [5.74, 6) is -1.90. The Balaban J connectivity index is 2.62. The molecule has 1 aliphatic rings. The van der Waals surface area contributed by atoms with Gasteiger partial charge in [-0.3, -0.25) is 14.4 Å². The van der Waals surface area contributed by atoms with Gasteiger partial charge in [-0.2, -0.15) is 0 Å². The Morgan fingerprint density at radius 2 is 1.72 bits per heavy atom. The smallest absolute Gasteiger partial charge is 0.308 e.